The second-order valence-corrected chi connectivity index (χ2v) is 7.56. The molecule has 3 rings (SSSR count). The van der Waals surface area contributed by atoms with Gasteiger partial charge in [-0.05, 0) is 36.8 Å². The molecule has 0 radical (unpaired) electrons. The highest BCUT2D eigenvalue weighted by atomic mass is 19.1. The molecule has 0 aromatic heterocycles. The van der Waals surface area contributed by atoms with Crippen LogP contribution < -0.4 is 10.6 Å². The molecule has 6 nitrogen and oxygen atoms in total. The van der Waals surface area contributed by atoms with Crippen LogP contribution in [0.2, 0.25) is 0 Å². The average molecular weight is 466 g/mol. The van der Waals surface area contributed by atoms with Crippen molar-refractivity contribution in [3.05, 3.63) is 102 Å². The van der Waals surface area contributed by atoms with Crippen molar-refractivity contribution in [2.24, 2.45) is 0 Å². The molecular weight excluding hydrogens is 440 g/mol. The number of hydrogen-bond donors (Lipinski definition) is 2. The Hall–Kier alpha value is -4.07. The van der Waals surface area contributed by atoms with Crippen LogP contribution in [0.3, 0.4) is 0 Å². The van der Waals surface area contributed by atoms with Gasteiger partial charge >= 0.3 is 0 Å². The molecule has 34 heavy (non-hydrogen) atoms. The minimum atomic E-state index is -0.907. The van der Waals surface area contributed by atoms with E-state index in [4.69, 9.17) is 0 Å². The number of para-hydroxylation sites is 1. The van der Waals surface area contributed by atoms with E-state index in [1.807, 2.05) is 6.07 Å². The molecule has 8 heteroatoms. The van der Waals surface area contributed by atoms with Gasteiger partial charge in [0.15, 0.2) is 0 Å². The van der Waals surface area contributed by atoms with Crippen LogP contribution in [0.5, 0.6) is 0 Å². The molecule has 3 amide bonds. The highest BCUT2D eigenvalue weighted by molar-refractivity contribution is 5.96. The van der Waals surface area contributed by atoms with Crippen LogP contribution in [0, 0.1) is 11.6 Å². The monoisotopic (exact) mass is 465 g/mol. The van der Waals surface area contributed by atoms with E-state index in [0.717, 1.165) is 17.7 Å². The molecule has 2 N–H and O–H groups in total. The molecule has 0 aliphatic carbocycles. The minimum Gasteiger partial charge on any atom is -0.345 e. The van der Waals surface area contributed by atoms with E-state index in [1.165, 1.54) is 11.0 Å². The number of rotatable bonds is 9. The van der Waals surface area contributed by atoms with Gasteiger partial charge in [-0.1, -0.05) is 54.6 Å². The second-order valence-electron chi connectivity index (χ2n) is 7.56. The van der Waals surface area contributed by atoms with Gasteiger partial charge in [0, 0.05) is 12.1 Å². The Morgan fingerprint density at radius 1 is 0.853 bits per heavy atom. The van der Waals surface area contributed by atoms with Gasteiger partial charge in [0.25, 0.3) is 5.91 Å². The van der Waals surface area contributed by atoms with Crippen molar-refractivity contribution in [3.63, 3.8) is 0 Å². The number of halogens is 2. The zero-order valence-corrected chi connectivity index (χ0v) is 18.6. The average Bonchev–Trinajstić information content (AvgIpc) is 2.85. The number of nitrogens with one attached hydrogen (secondary N) is 2. The zero-order valence-electron chi connectivity index (χ0n) is 18.6. The summed E-state index contributed by atoms with van der Waals surface area (Å²) in [7, 11) is 0. The van der Waals surface area contributed by atoms with E-state index < -0.39 is 41.7 Å². The van der Waals surface area contributed by atoms with Crippen molar-refractivity contribution in [1.82, 2.24) is 10.2 Å². The van der Waals surface area contributed by atoms with Crippen molar-refractivity contribution in [1.29, 1.82) is 0 Å². The van der Waals surface area contributed by atoms with Crippen LogP contribution in [-0.4, -0.2) is 35.7 Å². The molecule has 3 aromatic carbocycles. The fourth-order valence-corrected chi connectivity index (χ4v) is 3.42. The maximum absolute atomic E-state index is 13.8. The highest BCUT2D eigenvalue weighted by Gasteiger charge is 2.24. The van der Waals surface area contributed by atoms with Crippen LogP contribution >= 0.6 is 0 Å². The number of hydrogen-bond acceptors (Lipinski definition) is 3. The zero-order chi connectivity index (χ0) is 24.5. The van der Waals surface area contributed by atoms with Crippen molar-refractivity contribution in [3.8, 4) is 0 Å². The fourth-order valence-electron chi connectivity index (χ4n) is 3.42. The van der Waals surface area contributed by atoms with Gasteiger partial charge in [0.2, 0.25) is 11.8 Å². The van der Waals surface area contributed by atoms with E-state index in [2.05, 4.69) is 10.6 Å². The SMILES string of the molecule is CCN(CC(=O)Nc1c(F)cccc1F)C(=O)CC(NC(=O)c1ccccc1)c1ccccc1. The normalized spacial score (nSPS) is 11.4. The molecule has 0 aliphatic rings. The van der Waals surface area contributed by atoms with Crippen LogP contribution in [0.15, 0.2) is 78.9 Å². The van der Waals surface area contributed by atoms with Crippen LogP contribution in [0.4, 0.5) is 14.5 Å². The summed E-state index contributed by atoms with van der Waals surface area (Å²) in [5, 5.41) is 5.07. The Labute approximate surface area is 196 Å². The molecule has 0 bridgehead atoms. The molecule has 0 saturated heterocycles. The summed E-state index contributed by atoms with van der Waals surface area (Å²) in [6.45, 7) is 1.49. The van der Waals surface area contributed by atoms with Crippen LogP contribution in [-0.2, 0) is 9.59 Å². The summed E-state index contributed by atoms with van der Waals surface area (Å²) in [4.78, 5) is 39.4. The predicted octanol–water partition coefficient (Wildman–Crippen LogP) is 4.31. The molecule has 0 heterocycles. The first-order valence-electron chi connectivity index (χ1n) is 10.8. The van der Waals surface area contributed by atoms with Gasteiger partial charge in [0.05, 0.1) is 19.0 Å². The first kappa shape index (κ1) is 24.6. The summed E-state index contributed by atoms with van der Waals surface area (Å²) >= 11 is 0. The Balaban J connectivity index is 1.71. The van der Waals surface area contributed by atoms with Gasteiger partial charge in [0.1, 0.15) is 17.3 Å². The number of benzene rings is 3. The third kappa shape index (κ3) is 6.48. The standard InChI is InChI=1S/C26H25F2N3O3/c1-2-31(17-23(32)30-25-20(27)14-9-15-21(25)28)24(33)16-22(18-10-5-3-6-11-18)29-26(34)19-12-7-4-8-13-19/h3-15,22H,2,16-17H2,1H3,(H,29,34)(H,30,32). The summed E-state index contributed by atoms with van der Waals surface area (Å²) in [6.07, 6.45) is -0.0994. The summed E-state index contributed by atoms with van der Waals surface area (Å²) in [6, 6.07) is 20.3. The maximum atomic E-state index is 13.8. The largest absolute Gasteiger partial charge is 0.345 e. The first-order valence-corrected chi connectivity index (χ1v) is 10.8. The summed E-state index contributed by atoms with van der Waals surface area (Å²) < 4.78 is 27.7. The molecule has 176 valence electrons. The van der Waals surface area contributed by atoms with Crippen molar-refractivity contribution in [2.75, 3.05) is 18.4 Å². The number of anilines is 1. The molecule has 0 spiro atoms. The van der Waals surface area contributed by atoms with Crippen molar-refractivity contribution < 1.29 is 23.2 Å². The second kappa shape index (κ2) is 11.7. The lowest BCUT2D eigenvalue weighted by Gasteiger charge is -2.25. The topological polar surface area (TPSA) is 78.5 Å². The van der Waals surface area contributed by atoms with Crippen LogP contribution in [0.1, 0.15) is 35.3 Å². The third-order valence-corrected chi connectivity index (χ3v) is 5.22. The molecule has 1 unspecified atom stereocenters. The lowest BCUT2D eigenvalue weighted by atomic mass is 10.0. The Morgan fingerprint density at radius 2 is 1.44 bits per heavy atom. The van der Waals surface area contributed by atoms with Gasteiger partial charge in [-0.3, -0.25) is 14.4 Å². The summed E-state index contributed by atoms with van der Waals surface area (Å²) in [5.74, 6) is -3.28. The molecule has 1 atom stereocenters. The van der Waals surface area contributed by atoms with E-state index >= 15 is 0 Å². The smallest absolute Gasteiger partial charge is 0.251 e. The lowest BCUT2D eigenvalue weighted by molar-refractivity contribution is -0.134. The molecule has 0 saturated carbocycles. The predicted molar refractivity (Wildman–Crippen MR) is 125 cm³/mol. The Kier molecular flexibility index (Phi) is 8.45. The first-order chi connectivity index (χ1) is 16.4. The number of likely N-dealkylation sites (N-methyl/N-ethyl adjacent to an activating group) is 1. The fraction of sp³-hybridized carbons (Fsp3) is 0.192. The molecular formula is C26H25F2N3O3. The number of carbonyl (C=O) groups is 3. The quantitative estimate of drug-likeness (QED) is 0.494. The molecule has 0 fully saturated rings. The maximum Gasteiger partial charge on any atom is 0.251 e. The number of amides is 3. The molecule has 0 aliphatic heterocycles. The van der Waals surface area contributed by atoms with E-state index in [-0.39, 0.29) is 18.9 Å². The number of carbonyl (C=O) groups excluding carboxylic acids is 3. The van der Waals surface area contributed by atoms with E-state index in [0.29, 0.717) is 5.56 Å². The highest BCUT2D eigenvalue weighted by Crippen LogP contribution is 2.20. The Morgan fingerprint density at radius 3 is 2.03 bits per heavy atom. The summed E-state index contributed by atoms with van der Waals surface area (Å²) in [5.41, 5.74) is 0.622. The van der Waals surface area contributed by atoms with Crippen molar-refractivity contribution >= 4 is 23.4 Å². The lowest BCUT2D eigenvalue weighted by Crippen LogP contribution is -2.40. The van der Waals surface area contributed by atoms with E-state index in [1.54, 1.807) is 61.5 Å². The molecule has 3 aromatic rings. The minimum absolute atomic E-state index is 0.0994. The van der Waals surface area contributed by atoms with Gasteiger partial charge in [-0.25, -0.2) is 8.78 Å². The van der Waals surface area contributed by atoms with Gasteiger partial charge < -0.3 is 15.5 Å². The Bertz CT molecular complexity index is 1120. The van der Waals surface area contributed by atoms with E-state index in [9.17, 15) is 23.2 Å². The van der Waals surface area contributed by atoms with Gasteiger partial charge in [-0.15, -0.1) is 0 Å². The third-order valence-electron chi connectivity index (χ3n) is 5.22. The number of nitrogens with zero attached hydrogens (tertiary/aromatic N) is 1. The van der Waals surface area contributed by atoms with Gasteiger partial charge in [-0.2, -0.15) is 0 Å². The van der Waals surface area contributed by atoms with Crippen LogP contribution in [0.25, 0.3) is 0 Å². The van der Waals surface area contributed by atoms with Crippen molar-refractivity contribution in [2.45, 2.75) is 19.4 Å².